The Morgan fingerprint density at radius 2 is 1.48 bits per heavy atom. The molecule has 1 aliphatic carbocycles. The summed E-state index contributed by atoms with van der Waals surface area (Å²) in [5.74, 6) is -2.08. The highest BCUT2D eigenvalue weighted by Crippen LogP contribution is 2.43. The van der Waals surface area contributed by atoms with Crippen LogP contribution >= 0.6 is 23.4 Å². The summed E-state index contributed by atoms with van der Waals surface area (Å²) in [5, 5.41) is 5.92. The lowest BCUT2D eigenvalue weighted by atomic mass is 9.73. The molecule has 3 fully saturated rings. The Hall–Kier alpha value is -6.08. The molecule has 3 saturated heterocycles. The van der Waals surface area contributed by atoms with E-state index in [0.717, 1.165) is 61.6 Å². The summed E-state index contributed by atoms with van der Waals surface area (Å²) in [6.07, 6.45) is 4.74. The first-order valence-electron chi connectivity index (χ1n) is 26.7. The van der Waals surface area contributed by atoms with Crippen molar-refractivity contribution in [3.8, 4) is 0 Å². The van der Waals surface area contributed by atoms with E-state index in [0.29, 0.717) is 68.9 Å². The van der Waals surface area contributed by atoms with Crippen LogP contribution in [0.2, 0.25) is 5.02 Å². The Balaban J connectivity index is 0.842. The number of imide groups is 1. The molecule has 0 spiro atoms. The van der Waals surface area contributed by atoms with E-state index < -0.39 is 70.7 Å². The molecule has 4 aliphatic rings. The molecule has 5 aromatic rings. The molecule has 3 aliphatic heterocycles. The third kappa shape index (κ3) is 14.8. The number of alkyl halides is 3. The van der Waals surface area contributed by atoms with Crippen LogP contribution < -0.4 is 25.2 Å². The number of urea groups is 1. The first kappa shape index (κ1) is 59.5. The maximum Gasteiger partial charge on any atom is 0.501 e. The maximum absolute atomic E-state index is 15.1. The van der Waals surface area contributed by atoms with E-state index >= 15 is 4.39 Å². The van der Waals surface area contributed by atoms with Crippen LogP contribution in [-0.2, 0) is 31.2 Å². The highest BCUT2D eigenvalue weighted by atomic mass is 35.5. The topological polar surface area (TPSA) is 185 Å². The van der Waals surface area contributed by atoms with Crippen LogP contribution in [0, 0.1) is 11.4 Å². The smallest absolute Gasteiger partial charge is 0.380 e. The third-order valence-electron chi connectivity index (χ3n) is 15.2. The number of benzene rings is 4. The minimum absolute atomic E-state index is 0.000370. The minimum atomic E-state index is -6.16. The van der Waals surface area contributed by atoms with Gasteiger partial charge in [-0.2, -0.15) is 17.6 Å². The van der Waals surface area contributed by atoms with Crippen molar-refractivity contribution in [1.82, 2.24) is 29.7 Å². The molecular formula is C57H64ClF4N9O7S3. The predicted octanol–water partition coefficient (Wildman–Crippen LogP) is 9.30. The van der Waals surface area contributed by atoms with Gasteiger partial charge in [0.05, 0.1) is 10.6 Å². The van der Waals surface area contributed by atoms with Crippen molar-refractivity contribution in [2.45, 2.75) is 78.7 Å². The third-order valence-corrected chi connectivity index (χ3v) is 19.5. The van der Waals surface area contributed by atoms with Crippen molar-refractivity contribution in [1.29, 1.82) is 0 Å². The van der Waals surface area contributed by atoms with Gasteiger partial charge in [-0.3, -0.25) is 29.6 Å². The van der Waals surface area contributed by atoms with Gasteiger partial charge in [0.15, 0.2) is 0 Å². The number of anilines is 3. The number of nitrogens with one attached hydrogen (secondary N) is 3. The molecule has 24 heteroatoms. The fourth-order valence-electron chi connectivity index (χ4n) is 10.7. The summed E-state index contributed by atoms with van der Waals surface area (Å²) in [6, 6.07) is 26.2. The van der Waals surface area contributed by atoms with E-state index in [1.165, 1.54) is 51.7 Å². The van der Waals surface area contributed by atoms with Crippen LogP contribution in [0.5, 0.6) is 0 Å². The SMILES string of the molecule is CC1(C)CCC(c2ccc(Cl)cc2)=C(CN2CCN(c3ccc(C(=O)NS(=O)(=O)c4ccc(N[C@H](CCN5CCN(Cc6ccnc(F)c6N6CCC(=O)NC6=O)CC5)CSc5ccccc5)c(S(=O)(=O)C(F)(F)F)c4)cc3)CC2)C1. The molecule has 0 radical (unpaired) electrons. The van der Waals surface area contributed by atoms with Gasteiger partial charge >= 0.3 is 11.5 Å². The van der Waals surface area contributed by atoms with Gasteiger partial charge in [-0.05, 0) is 121 Å². The quantitative estimate of drug-likeness (QED) is 0.0404. The van der Waals surface area contributed by atoms with E-state index in [2.05, 4.69) is 61.2 Å². The van der Waals surface area contributed by atoms with Crippen molar-refractivity contribution in [2.24, 2.45) is 5.41 Å². The second kappa shape index (κ2) is 25.2. The molecule has 432 valence electrons. The molecule has 3 N–H and O–H groups in total. The van der Waals surface area contributed by atoms with Crippen LogP contribution in [0.4, 0.5) is 39.4 Å². The summed E-state index contributed by atoms with van der Waals surface area (Å²) in [7, 11) is -11.1. The minimum Gasteiger partial charge on any atom is -0.380 e. The number of nitrogens with zero attached hydrogens (tertiary/aromatic N) is 6. The van der Waals surface area contributed by atoms with Crippen LogP contribution in [0.3, 0.4) is 0 Å². The molecule has 4 amide bonds. The fourth-order valence-corrected chi connectivity index (χ4v) is 13.9. The van der Waals surface area contributed by atoms with Crippen molar-refractivity contribution < 1.29 is 48.8 Å². The van der Waals surface area contributed by atoms with Crippen molar-refractivity contribution in [3.05, 3.63) is 143 Å². The van der Waals surface area contributed by atoms with Crippen LogP contribution in [0.1, 0.15) is 67.4 Å². The number of hydrogen-bond acceptors (Lipinski definition) is 14. The van der Waals surface area contributed by atoms with Gasteiger partial charge in [-0.25, -0.2) is 31.3 Å². The van der Waals surface area contributed by atoms with Gasteiger partial charge in [-0.15, -0.1) is 11.8 Å². The first-order chi connectivity index (χ1) is 38.5. The van der Waals surface area contributed by atoms with Gasteiger partial charge in [-0.1, -0.05) is 61.4 Å². The van der Waals surface area contributed by atoms with E-state index in [-0.39, 0.29) is 41.9 Å². The van der Waals surface area contributed by atoms with Gasteiger partial charge in [0.25, 0.3) is 25.8 Å². The lowest BCUT2D eigenvalue weighted by Gasteiger charge is -2.39. The summed E-state index contributed by atoms with van der Waals surface area (Å²) in [5.41, 5.74) is -0.787. The molecule has 1 aromatic heterocycles. The summed E-state index contributed by atoms with van der Waals surface area (Å²) < 4.78 is 115. The maximum atomic E-state index is 15.1. The Kier molecular flexibility index (Phi) is 18.5. The molecule has 9 rings (SSSR count). The number of sulfonamides is 1. The number of sulfone groups is 1. The van der Waals surface area contributed by atoms with E-state index in [1.54, 1.807) is 18.2 Å². The lowest BCUT2D eigenvalue weighted by molar-refractivity contribution is -0.120. The monoisotopic (exact) mass is 1190 g/mol. The standard InChI is InChI=1S/C57H64ClF4N9O7S3/c1-56(2)22-18-48(39-8-12-43(58)13-9-39)42(35-56)37-69-30-32-70(33-31-69)45-14-10-40(11-15-45)54(73)66-81(77,78)47-16-17-49(50(34-47)80(75,76)57(60,61)62)64-44(38-79-46-6-4-3-5-7-46)20-24-67-26-28-68(29-27-67)36-41-19-23-63-53(59)52(41)71-25-21-51(72)65-55(71)74/h3-17,19,23,34,44,64H,18,20-22,24-33,35-38H2,1-2H3,(H,66,73)(H,65,72,74)/t44-/m1/s1. The fraction of sp³-hybridized carbons (Fsp3) is 0.404. The molecule has 0 saturated carbocycles. The second-order valence-corrected chi connectivity index (χ2v) is 26.6. The van der Waals surface area contributed by atoms with Gasteiger partial charge in [0, 0.05) is 124 Å². The van der Waals surface area contributed by atoms with Gasteiger partial charge in [0.1, 0.15) is 10.6 Å². The number of piperazine rings is 2. The number of hydrogen-bond donors (Lipinski definition) is 3. The zero-order chi connectivity index (χ0) is 57.7. The Morgan fingerprint density at radius 1 is 0.815 bits per heavy atom. The van der Waals surface area contributed by atoms with E-state index in [1.807, 2.05) is 47.2 Å². The molecule has 0 unspecified atom stereocenters. The highest BCUT2D eigenvalue weighted by Gasteiger charge is 2.48. The number of carbonyl (C=O) groups is 3. The normalized spacial score (nSPS) is 18.4. The summed E-state index contributed by atoms with van der Waals surface area (Å²) in [4.78, 5) is 50.3. The zero-order valence-electron chi connectivity index (χ0n) is 44.9. The Bertz CT molecular complexity index is 3360. The molecule has 4 aromatic carbocycles. The van der Waals surface area contributed by atoms with E-state index in [4.69, 9.17) is 11.6 Å². The average Bonchev–Trinajstić information content (AvgIpc) is 3.55. The number of pyridine rings is 1. The molecule has 1 atom stereocenters. The average molecular weight is 1190 g/mol. The van der Waals surface area contributed by atoms with Crippen LogP contribution in [-0.4, -0.2) is 144 Å². The second-order valence-electron chi connectivity index (χ2n) is 21.5. The Labute approximate surface area is 479 Å². The lowest BCUT2D eigenvalue weighted by Crippen LogP contribution is -2.50. The van der Waals surface area contributed by atoms with Gasteiger partial charge < -0.3 is 15.1 Å². The molecule has 81 heavy (non-hydrogen) atoms. The molecular weight excluding hydrogens is 1130 g/mol. The number of allylic oxidation sites excluding steroid dienone is 1. The molecule has 4 heterocycles. The number of rotatable bonds is 19. The number of aromatic nitrogens is 1. The van der Waals surface area contributed by atoms with Gasteiger partial charge in [0.2, 0.25) is 11.9 Å². The molecule has 16 nitrogen and oxygen atoms in total. The van der Waals surface area contributed by atoms with E-state index in [9.17, 15) is 44.4 Å². The molecule has 0 bridgehead atoms. The largest absolute Gasteiger partial charge is 0.501 e. The summed E-state index contributed by atoms with van der Waals surface area (Å²) in [6.45, 7) is 11.3. The first-order valence-corrected chi connectivity index (χ1v) is 31.1. The Morgan fingerprint density at radius 3 is 2.16 bits per heavy atom. The number of amides is 4. The zero-order valence-corrected chi connectivity index (χ0v) is 48.1. The van der Waals surface area contributed by atoms with Crippen molar-refractivity contribution in [2.75, 3.05) is 92.9 Å². The van der Waals surface area contributed by atoms with Crippen molar-refractivity contribution >= 4 is 83.7 Å². The van der Waals surface area contributed by atoms with Crippen LogP contribution in [0.15, 0.2) is 130 Å². The van der Waals surface area contributed by atoms with Crippen molar-refractivity contribution in [3.63, 3.8) is 0 Å². The number of carbonyl (C=O) groups excluding carboxylic acids is 3. The van der Waals surface area contributed by atoms with Crippen LogP contribution in [0.25, 0.3) is 5.57 Å². The highest BCUT2D eigenvalue weighted by molar-refractivity contribution is 7.99. The number of thioether (sulfide) groups is 1. The summed E-state index contributed by atoms with van der Waals surface area (Å²) >= 11 is 7.60. The predicted molar refractivity (Wildman–Crippen MR) is 306 cm³/mol. The number of halogens is 5.